The molecule has 2 aromatic rings. The minimum Gasteiger partial charge on any atom is -0.465 e. The summed E-state index contributed by atoms with van der Waals surface area (Å²) in [6.45, 7) is 0. The third-order valence-corrected chi connectivity index (χ3v) is 2.52. The van der Waals surface area contributed by atoms with Crippen molar-refractivity contribution in [3.8, 4) is 5.75 Å². The molecule has 92 valence electrons. The Kier molecular flexibility index (Phi) is 4.20. The highest BCUT2D eigenvalue weighted by atomic mass is 35.5. The fraction of sp³-hybridized carbons (Fsp3) is 0.0714. The number of alkyl halides is 1. The first kappa shape index (κ1) is 12.5. The van der Waals surface area contributed by atoms with Crippen LogP contribution in [-0.2, 0) is 4.79 Å². The average Bonchev–Trinajstić information content (AvgIpc) is 2.41. The van der Waals surface area contributed by atoms with Crippen molar-refractivity contribution in [1.29, 1.82) is 0 Å². The number of amides is 1. The number of nitrogens with one attached hydrogen (secondary N) is 1. The Morgan fingerprint density at radius 2 is 1.56 bits per heavy atom. The fourth-order valence-corrected chi connectivity index (χ4v) is 1.55. The number of rotatable bonds is 4. The van der Waals surface area contributed by atoms with Crippen LogP contribution in [-0.4, -0.2) is 11.5 Å². The molecular formula is C14H12ClNO2. The molecule has 1 atom stereocenters. The molecule has 0 saturated carbocycles. The lowest BCUT2D eigenvalue weighted by atomic mass is 10.3. The maximum atomic E-state index is 11.7. The second kappa shape index (κ2) is 6.07. The number of halogens is 1. The Labute approximate surface area is 110 Å². The molecule has 0 saturated heterocycles. The highest BCUT2D eigenvalue weighted by Crippen LogP contribution is 2.14. The molecule has 0 aliphatic rings. The van der Waals surface area contributed by atoms with Crippen molar-refractivity contribution in [3.63, 3.8) is 0 Å². The number of para-hydroxylation sites is 2. The predicted molar refractivity (Wildman–Crippen MR) is 71.8 cm³/mol. The van der Waals surface area contributed by atoms with Crippen LogP contribution < -0.4 is 10.1 Å². The summed E-state index contributed by atoms with van der Waals surface area (Å²) in [7, 11) is 0. The monoisotopic (exact) mass is 261 g/mol. The van der Waals surface area contributed by atoms with Crippen LogP contribution in [0.15, 0.2) is 60.7 Å². The van der Waals surface area contributed by atoms with Gasteiger partial charge in [0.1, 0.15) is 5.75 Å². The van der Waals surface area contributed by atoms with Gasteiger partial charge >= 0.3 is 0 Å². The summed E-state index contributed by atoms with van der Waals surface area (Å²) in [5.74, 6) is 0.160. The third kappa shape index (κ3) is 3.50. The number of hydrogen-bond donors (Lipinski definition) is 1. The summed E-state index contributed by atoms with van der Waals surface area (Å²) in [6, 6.07) is 18.1. The van der Waals surface area contributed by atoms with Crippen molar-refractivity contribution >= 4 is 23.2 Å². The van der Waals surface area contributed by atoms with Gasteiger partial charge in [0.05, 0.1) is 0 Å². The van der Waals surface area contributed by atoms with Crippen LogP contribution in [0.5, 0.6) is 5.75 Å². The van der Waals surface area contributed by atoms with Gasteiger partial charge in [0, 0.05) is 5.69 Å². The number of carbonyl (C=O) groups is 1. The number of anilines is 1. The molecule has 18 heavy (non-hydrogen) atoms. The first-order valence-corrected chi connectivity index (χ1v) is 5.91. The van der Waals surface area contributed by atoms with Gasteiger partial charge < -0.3 is 10.1 Å². The maximum Gasteiger partial charge on any atom is 0.281 e. The molecular weight excluding hydrogens is 250 g/mol. The number of hydrogen-bond acceptors (Lipinski definition) is 2. The highest BCUT2D eigenvalue weighted by molar-refractivity contribution is 6.31. The molecule has 3 nitrogen and oxygen atoms in total. The van der Waals surface area contributed by atoms with Crippen LogP contribution in [0.2, 0.25) is 0 Å². The number of benzene rings is 2. The van der Waals surface area contributed by atoms with Crippen molar-refractivity contribution < 1.29 is 9.53 Å². The summed E-state index contributed by atoms with van der Waals surface area (Å²) in [4.78, 5) is 11.7. The van der Waals surface area contributed by atoms with Gasteiger partial charge in [0.25, 0.3) is 11.5 Å². The smallest absolute Gasteiger partial charge is 0.281 e. The van der Waals surface area contributed by atoms with Crippen molar-refractivity contribution in [1.82, 2.24) is 0 Å². The zero-order chi connectivity index (χ0) is 12.8. The Morgan fingerprint density at radius 1 is 1.00 bits per heavy atom. The summed E-state index contributed by atoms with van der Waals surface area (Å²) in [5, 5.41) is 2.67. The topological polar surface area (TPSA) is 38.3 Å². The summed E-state index contributed by atoms with van der Waals surface area (Å²) >= 11 is 5.88. The van der Waals surface area contributed by atoms with Crippen molar-refractivity contribution in [2.45, 2.75) is 5.56 Å². The van der Waals surface area contributed by atoms with E-state index in [0.29, 0.717) is 11.4 Å². The van der Waals surface area contributed by atoms with Gasteiger partial charge in [-0.15, -0.1) is 0 Å². The maximum absolute atomic E-state index is 11.7. The zero-order valence-electron chi connectivity index (χ0n) is 9.55. The Hall–Kier alpha value is -2.00. The van der Waals surface area contributed by atoms with E-state index in [4.69, 9.17) is 16.3 Å². The summed E-state index contributed by atoms with van der Waals surface area (Å²) in [5.41, 5.74) is -0.377. The van der Waals surface area contributed by atoms with Crippen LogP contribution in [0, 0.1) is 0 Å². The van der Waals surface area contributed by atoms with Gasteiger partial charge in [-0.3, -0.25) is 4.79 Å². The molecule has 0 bridgehead atoms. The molecule has 1 unspecified atom stereocenters. The number of carbonyl (C=O) groups excluding carboxylic acids is 1. The molecule has 1 N–H and O–H groups in total. The highest BCUT2D eigenvalue weighted by Gasteiger charge is 2.16. The van der Waals surface area contributed by atoms with Gasteiger partial charge in [-0.2, -0.15) is 0 Å². The van der Waals surface area contributed by atoms with E-state index in [9.17, 15) is 4.79 Å². The Morgan fingerprint density at radius 3 is 2.17 bits per heavy atom. The van der Waals surface area contributed by atoms with Crippen molar-refractivity contribution in [2.75, 3.05) is 5.32 Å². The molecule has 0 fully saturated rings. The lowest BCUT2D eigenvalue weighted by molar-refractivity contribution is -0.119. The van der Waals surface area contributed by atoms with Gasteiger partial charge in [0.15, 0.2) is 0 Å². The lowest BCUT2D eigenvalue weighted by Gasteiger charge is -2.12. The lowest BCUT2D eigenvalue weighted by Crippen LogP contribution is -2.28. The largest absolute Gasteiger partial charge is 0.465 e. The predicted octanol–water partition coefficient (Wildman–Crippen LogP) is 3.27. The molecule has 1 amide bonds. The molecule has 0 aliphatic heterocycles. The molecule has 0 radical (unpaired) electrons. The van der Waals surface area contributed by atoms with Crippen LogP contribution >= 0.6 is 11.6 Å². The zero-order valence-corrected chi connectivity index (χ0v) is 10.3. The van der Waals surface area contributed by atoms with Gasteiger partial charge in [-0.1, -0.05) is 48.0 Å². The van der Waals surface area contributed by atoms with E-state index in [0.717, 1.165) is 0 Å². The third-order valence-electron chi connectivity index (χ3n) is 2.23. The molecule has 0 spiro atoms. The van der Waals surface area contributed by atoms with E-state index in [2.05, 4.69) is 5.32 Å². The molecule has 0 aliphatic carbocycles. The summed E-state index contributed by atoms with van der Waals surface area (Å²) < 4.78 is 5.30. The van der Waals surface area contributed by atoms with Crippen LogP contribution in [0.4, 0.5) is 5.69 Å². The minimum atomic E-state index is -1.06. The first-order chi connectivity index (χ1) is 8.75. The molecule has 2 rings (SSSR count). The van der Waals surface area contributed by atoms with E-state index in [-0.39, 0.29) is 0 Å². The van der Waals surface area contributed by atoms with E-state index < -0.39 is 11.5 Å². The molecule has 0 heterocycles. The molecule has 4 heteroatoms. The van der Waals surface area contributed by atoms with E-state index in [1.54, 1.807) is 24.3 Å². The fourth-order valence-electron chi connectivity index (χ4n) is 1.39. The molecule has 0 aromatic heterocycles. The summed E-state index contributed by atoms with van der Waals surface area (Å²) in [6.07, 6.45) is 0. The normalized spacial score (nSPS) is 11.6. The van der Waals surface area contributed by atoms with Crippen molar-refractivity contribution in [2.24, 2.45) is 0 Å². The van der Waals surface area contributed by atoms with Gasteiger partial charge in [0.2, 0.25) is 0 Å². The van der Waals surface area contributed by atoms with Crippen molar-refractivity contribution in [3.05, 3.63) is 60.7 Å². The number of ether oxygens (including phenoxy) is 1. The first-order valence-electron chi connectivity index (χ1n) is 5.47. The van der Waals surface area contributed by atoms with E-state index in [1.807, 2.05) is 36.4 Å². The van der Waals surface area contributed by atoms with Crippen LogP contribution in [0.3, 0.4) is 0 Å². The van der Waals surface area contributed by atoms with E-state index in [1.165, 1.54) is 0 Å². The SMILES string of the molecule is O=C(Nc1ccccc1)C(Cl)Oc1ccccc1. The second-order valence-electron chi connectivity index (χ2n) is 3.60. The van der Waals surface area contributed by atoms with E-state index >= 15 is 0 Å². The van der Waals surface area contributed by atoms with Gasteiger partial charge in [-0.25, -0.2) is 0 Å². The quantitative estimate of drug-likeness (QED) is 0.858. The Balaban J connectivity index is 1.93. The minimum absolute atomic E-state index is 0.397. The Bertz CT molecular complexity index is 502. The van der Waals surface area contributed by atoms with Crippen LogP contribution in [0.1, 0.15) is 0 Å². The van der Waals surface area contributed by atoms with Crippen LogP contribution in [0.25, 0.3) is 0 Å². The second-order valence-corrected chi connectivity index (χ2v) is 4.00. The standard InChI is InChI=1S/C14H12ClNO2/c15-13(18-12-9-5-2-6-10-12)14(17)16-11-7-3-1-4-8-11/h1-10,13H,(H,16,17). The van der Waals surface area contributed by atoms with Gasteiger partial charge in [-0.05, 0) is 24.3 Å². The molecule has 2 aromatic carbocycles. The average molecular weight is 262 g/mol.